The lowest BCUT2D eigenvalue weighted by atomic mass is 9.95. The molecule has 2 aromatic carbocycles. The van der Waals surface area contributed by atoms with E-state index in [1.807, 2.05) is 36.5 Å². The fourth-order valence-corrected chi connectivity index (χ4v) is 5.56. The summed E-state index contributed by atoms with van der Waals surface area (Å²) < 4.78 is 5.40. The first kappa shape index (κ1) is 28.0. The van der Waals surface area contributed by atoms with Gasteiger partial charge in [-0.2, -0.15) is 0 Å². The molecule has 0 bridgehead atoms. The molecule has 0 aliphatic carbocycles. The molecule has 2 aliphatic heterocycles. The van der Waals surface area contributed by atoms with Gasteiger partial charge in [-0.05, 0) is 59.7 Å². The molecule has 0 radical (unpaired) electrons. The molecule has 2 aliphatic rings. The third-order valence-electron chi connectivity index (χ3n) is 7.94. The van der Waals surface area contributed by atoms with E-state index in [0.717, 1.165) is 80.2 Å². The summed E-state index contributed by atoms with van der Waals surface area (Å²) in [6.45, 7) is 10.9. The molecule has 0 saturated carbocycles. The number of ether oxygens (including phenoxy) is 1. The number of nitrogens with one attached hydrogen (secondary N) is 1. The fraction of sp³-hybridized carbons (Fsp3) is 0.424. The van der Waals surface area contributed by atoms with Crippen molar-refractivity contribution in [2.45, 2.75) is 45.6 Å². The minimum Gasteiger partial charge on any atom is -0.379 e. The number of nitrogens with zero attached hydrogens (tertiary/aromatic N) is 3. The van der Waals surface area contributed by atoms with Crippen molar-refractivity contribution >= 4 is 17.4 Å². The third-order valence-corrected chi connectivity index (χ3v) is 7.94. The highest BCUT2D eigenvalue weighted by atomic mass is 16.5. The number of ketones is 1. The lowest BCUT2D eigenvalue weighted by Gasteiger charge is -2.31. The number of aromatic nitrogens is 1. The van der Waals surface area contributed by atoms with Gasteiger partial charge >= 0.3 is 0 Å². The average molecular weight is 541 g/mol. The van der Waals surface area contributed by atoms with Gasteiger partial charge in [-0.3, -0.25) is 19.5 Å². The second-order valence-electron chi connectivity index (χ2n) is 11.1. The molecular weight excluding hydrogens is 500 g/mol. The first-order chi connectivity index (χ1) is 19.5. The number of carbonyl (C=O) groups is 2. The number of pyridine rings is 1. The molecule has 40 heavy (non-hydrogen) atoms. The van der Waals surface area contributed by atoms with Crippen molar-refractivity contribution < 1.29 is 14.3 Å². The SMILES string of the molecule is CC(C)c1cccc(CC(=O)c2cccc(N3CCc4c(cncc4C(=O)NCCCN4CCOCC4)C3)c2)c1. The number of rotatable bonds is 10. The standard InChI is InChI=1S/C33H40N4O3/c1-24(2)26-7-3-6-25(18-26)19-32(38)27-8-4-9-29(20-27)37-13-10-30-28(23-37)21-34-22-31(30)33(39)35-11-5-12-36-14-16-40-17-15-36/h3-4,6-9,18,20-22,24H,5,10-17,19,23H2,1-2H3,(H,35,39). The molecule has 1 N–H and O–H groups in total. The van der Waals surface area contributed by atoms with Crippen LogP contribution in [0.15, 0.2) is 60.9 Å². The summed E-state index contributed by atoms with van der Waals surface area (Å²) >= 11 is 0. The first-order valence-corrected chi connectivity index (χ1v) is 14.5. The van der Waals surface area contributed by atoms with E-state index in [0.29, 0.717) is 31.0 Å². The summed E-state index contributed by atoms with van der Waals surface area (Å²) in [6.07, 6.45) is 5.63. The molecule has 1 amide bonds. The number of hydrogen-bond acceptors (Lipinski definition) is 6. The van der Waals surface area contributed by atoms with Crippen molar-refractivity contribution in [3.05, 3.63) is 94.3 Å². The Hall–Kier alpha value is -3.55. The molecule has 1 aromatic heterocycles. The van der Waals surface area contributed by atoms with Crippen LogP contribution in [0.2, 0.25) is 0 Å². The zero-order chi connectivity index (χ0) is 27.9. The van der Waals surface area contributed by atoms with Crippen molar-refractivity contribution in [1.82, 2.24) is 15.2 Å². The smallest absolute Gasteiger partial charge is 0.253 e. The maximum Gasteiger partial charge on any atom is 0.253 e. The number of Topliss-reactive ketones (excluding diaryl/α,β-unsaturated/α-hetero) is 1. The predicted octanol–water partition coefficient (Wildman–Crippen LogP) is 4.65. The van der Waals surface area contributed by atoms with Crippen LogP contribution in [0.4, 0.5) is 5.69 Å². The number of amides is 1. The van der Waals surface area contributed by atoms with Crippen LogP contribution in [0.25, 0.3) is 0 Å². The van der Waals surface area contributed by atoms with Gasteiger partial charge < -0.3 is 15.0 Å². The zero-order valence-corrected chi connectivity index (χ0v) is 23.7. The summed E-state index contributed by atoms with van der Waals surface area (Å²) in [5.41, 5.74) is 6.86. The van der Waals surface area contributed by atoms with Crippen molar-refractivity contribution in [2.75, 3.05) is 50.8 Å². The highest BCUT2D eigenvalue weighted by Crippen LogP contribution is 2.27. The van der Waals surface area contributed by atoms with Gasteiger partial charge in [0.25, 0.3) is 5.91 Å². The Labute approximate surface area is 237 Å². The maximum absolute atomic E-state index is 13.2. The van der Waals surface area contributed by atoms with Gasteiger partial charge in [0, 0.05) is 62.8 Å². The molecule has 1 saturated heterocycles. The van der Waals surface area contributed by atoms with Crippen LogP contribution < -0.4 is 10.2 Å². The highest BCUT2D eigenvalue weighted by Gasteiger charge is 2.23. The fourth-order valence-electron chi connectivity index (χ4n) is 5.56. The Morgan fingerprint density at radius 1 is 1.02 bits per heavy atom. The summed E-state index contributed by atoms with van der Waals surface area (Å²) in [4.78, 5) is 35.2. The molecule has 0 unspecified atom stereocenters. The lowest BCUT2D eigenvalue weighted by Crippen LogP contribution is -2.38. The molecule has 0 spiro atoms. The normalized spacial score (nSPS) is 15.6. The van der Waals surface area contributed by atoms with E-state index in [2.05, 4.69) is 52.1 Å². The van der Waals surface area contributed by atoms with E-state index >= 15 is 0 Å². The largest absolute Gasteiger partial charge is 0.379 e. The van der Waals surface area contributed by atoms with E-state index in [4.69, 9.17) is 4.74 Å². The van der Waals surface area contributed by atoms with E-state index in [-0.39, 0.29) is 11.7 Å². The number of anilines is 1. The molecule has 3 aromatic rings. The Balaban J connectivity index is 1.20. The second kappa shape index (κ2) is 13.2. The molecule has 7 heteroatoms. The molecule has 5 rings (SSSR count). The first-order valence-electron chi connectivity index (χ1n) is 14.5. The minimum atomic E-state index is -0.0473. The molecule has 3 heterocycles. The van der Waals surface area contributed by atoms with Crippen LogP contribution in [0.3, 0.4) is 0 Å². The van der Waals surface area contributed by atoms with Crippen LogP contribution >= 0.6 is 0 Å². The van der Waals surface area contributed by atoms with Gasteiger partial charge in [-0.1, -0.05) is 50.2 Å². The Kier molecular flexibility index (Phi) is 9.24. The summed E-state index contributed by atoms with van der Waals surface area (Å²) in [5.74, 6) is 0.505. The number of hydrogen-bond donors (Lipinski definition) is 1. The number of carbonyl (C=O) groups excluding carboxylic acids is 2. The van der Waals surface area contributed by atoms with Gasteiger partial charge in [0.1, 0.15) is 0 Å². The summed E-state index contributed by atoms with van der Waals surface area (Å²) in [5, 5.41) is 3.09. The van der Waals surface area contributed by atoms with Crippen molar-refractivity contribution in [1.29, 1.82) is 0 Å². The van der Waals surface area contributed by atoms with Crippen molar-refractivity contribution in [2.24, 2.45) is 0 Å². The molecule has 210 valence electrons. The van der Waals surface area contributed by atoms with Gasteiger partial charge in [0.15, 0.2) is 5.78 Å². The van der Waals surface area contributed by atoms with Gasteiger partial charge in [-0.15, -0.1) is 0 Å². The average Bonchev–Trinajstić information content (AvgIpc) is 2.99. The number of morpholine rings is 1. The van der Waals surface area contributed by atoms with Crippen LogP contribution in [-0.2, 0) is 24.1 Å². The monoisotopic (exact) mass is 540 g/mol. The van der Waals surface area contributed by atoms with E-state index in [1.54, 1.807) is 6.20 Å². The Morgan fingerprint density at radius 2 is 1.85 bits per heavy atom. The van der Waals surface area contributed by atoms with Crippen molar-refractivity contribution in [3.63, 3.8) is 0 Å². The Morgan fingerprint density at radius 3 is 2.67 bits per heavy atom. The predicted molar refractivity (Wildman–Crippen MR) is 158 cm³/mol. The number of fused-ring (bicyclic) bond motifs is 1. The van der Waals surface area contributed by atoms with Crippen LogP contribution in [0.1, 0.15) is 69.2 Å². The molecule has 7 nitrogen and oxygen atoms in total. The molecule has 0 atom stereocenters. The van der Waals surface area contributed by atoms with Crippen molar-refractivity contribution in [3.8, 4) is 0 Å². The van der Waals surface area contributed by atoms with E-state index in [1.165, 1.54) is 5.56 Å². The van der Waals surface area contributed by atoms with Crippen LogP contribution in [0, 0.1) is 0 Å². The third kappa shape index (κ3) is 6.95. The second-order valence-corrected chi connectivity index (χ2v) is 11.1. The van der Waals surface area contributed by atoms with E-state index < -0.39 is 0 Å². The number of benzene rings is 2. The summed E-state index contributed by atoms with van der Waals surface area (Å²) in [7, 11) is 0. The maximum atomic E-state index is 13.2. The molecular formula is C33H40N4O3. The topological polar surface area (TPSA) is 74.8 Å². The minimum absolute atomic E-state index is 0.0473. The van der Waals surface area contributed by atoms with Gasteiger partial charge in [0.05, 0.1) is 18.8 Å². The molecule has 1 fully saturated rings. The van der Waals surface area contributed by atoms with Gasteiger partial charge in [0.2, 0.25) is 0 Å². The van der Waals surface area contributed by atoms with E-state index in [9.17, 15) is 9.59 Å². The lowest BCUT2D eigenvalue weighted by molar-refractivity contribution is 0.0374. The zero-order valence-electron chi connectivity index (χ0n) is 23.7. The van der Waals surface area contributed by atoms with Gasteiger partial charge in [-0.25, -0.2) is 0 Å². The Bertz CT molecular complexity index is 1330. The van der Waals surface area contributed by atoms with Crippen LogP contribution in [0.5, 0.6) is 0 Å². The van der Waals surface area contributed by atoms with Crippen LogP contribution in [-0.4, -0.2) is 67.5 Å². The quantitative estimate of drug-likeness (QED) is 0.298. The summed E-state index contributed by atoms with van der Waals surface area (Å²) in [6, 6.07) is 16.2. The highest BCUT2D eigenvalue weighted by molar-refractivity contribution is 5.98.